The third-order valence-electron chi connectivity index (χ3n) is 6.23. The van der Waals surface area contributed by atoms with Crippen molar-refractivity contribution in [3.05, 3.63) is 52.0 Å². The summed E-state index contributed by atoms with van der Waals surface area (Å²) in [7, 11) is -0.806. The normalized spacial score (nSPS) is 16.6. The molecule has 12 heteroatoms. The van der Waals surface area contributed by atoms with Gasteiger partial charge in [-0.05, 0) is 44.0 Å². The van der Waals surface area contributed by atoms with Gasteiger partial charge in [-0.1, -0.05) is 18.0 Å². The molecule has 1 aliphatic heterocycles. The number of hydrogen-bond acceptors (Lipinski definition) is 7. The Morgan fingerprint density at radius 2 is 1.92 bits per heavy atom. The first-order valence-corrected chi connectivity index (χ1v) is 13.2. The van der Waals surface area contributed by atoms with E-state index in [-0.39, 0.29) is 22.5 Å². The molecule has 0 radical (unpaired) electrons. The second-order valence-corrected chi connectivity index (χ2v) is 10.8. The summed E-state index contributed by atoms with van der Waals surface area (Å²) < 4.78 is 39.7. The Balaban J connectivity index is 1.63. The van der Waals surface area contributed by atoms with Crippen LogP contribution in [0.4, 0.5) is 5.69 Å². The quantitative estimate of drug-likeness (QED) is 0.494. The average Bonchev–Trinajstić information content (AvgIpc) is 2.85. The maximum Gasteiger partial charge on any atom is 0.348 e. The summed E-state index contributed by atoms with van der Waals surface area (Å²) in [5.41, 5.74) is 0.0479. The van der Waals surface area contributed by atoms with Gasteiger partial charge < -0.3 is 14.8 Å². The van der Waals surface area contributed by atoms with E-state index in [1.807, 2.05) is 6.92 Å². The third kappa shape index (κ3) is 5.04. The Morgan fingerprint density at radius 3 is 2.61 bits per heavy atom. The monoisotopic (exact) mass is 534 g/mol. The van der Waals surface area contributed by atoms with Crippen LogP contribution >= 0.6 is 11.6 Å². The van der Waals surface area contributed by atoms with E-state index in [4.69, 9.17) is 21.1 Å². The van der Waals surface area contributed by atoms with Gasteiger partial charge in [-0.2, -0.15) is 4.31 Å². The lowest BCUT2D eigenvalue weighted by Crippen LogP contribution is -2.41. The molecule has 2 aromatic carbocycles. The van der Waals surface area contributed by atoms with Crippen LogP contribution < -0.4 is 20.5 Å². The first-order chi connectivity index (χ1) is 17.1. The van der Waals surface area contributed by atoms with E-state index in [9.17, 15) is 18.0 Å². The van der Waals surface area contributed by atoms with Crippen LogP contribution in [-0.4, -0.2) is 55.0 Å². The van der Waals surface area contributed by atoms with Crippen LogP contribution in [0.1, 0.15) is 26.2 Å². The van der Waals surface area contributed by atoms with Gasteiger partial charge in [0.2, 0.25) is 15.9 Å². The van der Waals surface area contributed by atoms with Crippen molar-refractivity contribution in [2.24, 2.45) is 0 Å². The summed E-state index contributed by atoms with van der Waals surface area (Å²) in [5.74, 6) is 0.185. The van der Waals surface area contributed by atoms with Gasteiger partial charge in [0.25, 0.3) is 0 Å². The van der Waals surface area contributed by atoms with E-state index in [0.29, 0.717) is 34.6 Å². The molecule has 1 aliphatic rings. The summed E-state index contributed by atoms with van der Waals surface area (Å²) in [6, 6.07) is 7.41. The van der Waals surface area contributed by atoms with Crippen molar-refractivity contribution in [3.63, 3.8) is 0 Å². The molecule has 0 bridgehead atoms. The van der Waals surface area contributed by atoms with Crippen molar-refractivity contribution in [3.8, 4) is 11.5 Å². The molecule has 0 aliphatic carbocycles. The second-order valence-electron chi connectivity index (χ2n) is 8.54. The summed E-state index contributed by atoms with van der Waals surface area (Å²) in [4.78, 5) is 29.4. The van der Waals surface area contributed by atoms with Crippen LogP contribution in [0.15, 0.2) is 46.2 Å². The average molecular weight is 535 g/mol. The van der Waals surface area contributed by atoms with E-state index >= 15 is 0 Å². The minimum absolute atomic E-state index is 0.0846. The molecule has 0 spiro atoms. The van der Waals surface area contributed by atoms with Crippen molar-refractivity contribution in [1.82, 2.24) is 13.9 Å². The molecular formula is C24H27ClN4O6S. The molecule has 1 amide bonds. The second kappa shape index (κ2) is 10.5. The van der Waals surface area contributed by atoms with Crippen molar-refractivity contribution >= 4 is 44.1 Å². The first kappa shape index (κ1) is 25.9. The first-order valence-electron chi connectivity index (χ1n) is 11.4. The third-order valence-corrected chi connectivity index (χ3v) is 8.54. The fourth-order valence-electron chi connectivity index (χ4n) is 4.35. The van der Waals surface area contributed by atoms with Crippen molar-refractivity contribution in [2.75, 3.05) is 26.1 Å². The number of benzene rings is 2. The van der Waals surface area contributed by atoms with Gasteiger partial charge in [0.1, 0.15) is 18.0 Å². The lowest BCUT2D eigenvalue weighted by Gasteiger charge is -2.32. The number of ether oxygens (including phenoxy) is 2. The number of sulfonamides is 1. The molecule has 1 aromatic heterocycles. The minimum atomic E-state index is -3.70. The zero-order chi connectivity index (χ0) is 26.0. The summed E-state index contributed by atoms with van der Waals surface area (Å²) in [5, 5.41) is 3.38. The molecule has 1 atom stereocenters. The largest absolute Gasteiger partial charge is 0.495 e. The Labute approximate surface area is 213 Å². The Morgan fingerprint density at radius 1 is 1.17 bits per heavy atom. The molecule has 36 heavy (non-hydrogen) atoms. The number of piperidine rings is 1. The van der Waals surface area contributed by atoms with Crippen molar-refractivity contribution in [2.45, 2.75) is 43.7 Å². The lowest BCUT2D eigenvalue weighted by atomic mass is 10.1. The number of fused-ring (bicyclic) bond motifs is 1. The Kier molecular flexibility index (Phi) is 7.53. The van der Waals surface area contributed by atoms with Crippen LogP contribution in [-0.2, 0) is 21.4 Å². The van der Waals surface area contributed by atoms with Crippen LogP contribution in [0.5, 0.6) is 11.5 Å². The Hall–Kier alpha value is -3.15. The molecule has 1 N–H and O–H groups in total. The smallest absolute Gasteiger partial charge is 0.348 e. The molecule has 10 nitrogen and oxygen atoms in total. The molecule has 0 saturated carbocycles. The molecule has 1 unspecified atom stereocenters. The number of carbonyl (C=O) groups is 1. The number of methoxy groups -OCH3 is 2. The number of rotatable bonds is 7. The maximum absolute atomic E-state index is 13.2. The summed E-state index contributed by atoms with van der Waals surface area (Å²) >= 11 is 6.17. The minimum Gasteiger partial charge on any atom is -0.495 e. The number of aromatic nitrogens is 2. The standard InChI is InChI=1S/C24H27ClN4O6S/c1-15-6-4-5-9-29(15)36(32,33)17-7-8-20-16(10-17)13-26-24(31)28(20)14-23(30)27-19-11-18(25)21(34-2)12-22(19)35-3/h7-8,10-13,15H,4-6,9,14H2,1-3H3,(H,27,30). The highest BCUT2D eigenvalue weighted by Gasteiger charge is 2.31. The van der Waals surface area contributed by atoms with Crippen molar-refractivity contribution in [1.29, 1.82) is 0 Å². The van der Waals surface area contributed by atoms with Crippen LogP contribution in [0, 0.1) is 0 Å². The van der Waals surface area contributed by atoms with Gasteiger partial charge in [-0.3, -0.25) is 9.36 Å². The topological polar surface area (TPSA) is 120 Å². The van der Waals surface area contributed by atoms with Gasteiger partial charge in [-0.15, -0.1) is 0 Å². The number of nitrogens with zero attached hydrogens (tertiary/aromatic N) is 3. The fraction of sp³-hybridized carbons (Fsp3) is 0.375. The lowest BCUT2D eigenvalue weighted by molar-refractivity contribution is -0.116. The zero-order valence-corrected chi connectivity index (χ0v) is 21.7. The number of halogens is 1. The Bertz CT molecular complexity index is 1470. The van der Waals surface area contributed by atoms with Crippen LogP contribution in [0.25, 0.3) is 10.9 Å². The highest BCUT2D eigenvalue weighted by Crippen LogP contribution is 2.36. The summed E-state index contributed by atoms with van der Waals surface area (Å²) in [6.07, 6.45) is 3.94. The van der Waals surface area contributed by atoms with E-state index in [2.05, 4.69) is 10.3 Å². The number of hydrogen-bond donors (Lipinski definition) is 1. The van der Waals surface area contributed by atoms with Crippen LogP contribution in [0.2, 0.25) is 5.02 Å². The van der Waals surface area contributed by atoms with Gasteiger partial charge in [-0.25, -0.2) is 18.2 Å². The van der Waals surface area contributed by atoms with Gasteiger partial charge in [0.05, 0.1) is 35.3 Å². The fourth-order valence-corrected chi connectivity index (χ4v) is 6.32. The molecule has 3 aromatic rings. The number of anilines is 1. The number of amides is 1. The molecule has 192 valence electrons. The van der Waals surface area contributed by atoms with Gasteiger partial charge in [0, 0.05) is 30.2 Å². The number of nitrogens with one attached hydrogen (secondary N) is 1. The van der Waals surface area contributed by atoms with Crippen molar-refractivity contribution < 1.29 is 22.7 Å². The van der Waals surface area contributed by atoms with E-state index in [1.165, 1.54) is 59.6 Å². The highest BCUT2D eigenvalue weighted by atomic mass is 35.5. The molecular weight excluding hydrogens is 508 g/mol. The number of carbonyl (C=O) groups excluding carboxylic acids is 1. The van der Waals surface area contributed by atoms with Gasteiger partial charge in [0.15, 0.2) is 0 Å². The highest BCUT2D eigenvalue weighted by molar-refractivity contribution is 7.89. The predicted octanol–water partition coefficient (Wildman–Crippen LogP) is 3.27. The van der Waals surface area contributed by atoms with Crippen LogP contribution in [0.3, 0.4) is 0 Å². The molecule has 1 saturated heterocycles. The molecule has 4 rings (SSSR count). The predicted molar refractivity (Wildman–Crippen MR) is 136 cm³/mol. The summed E-state index contributed by atoms with van der Waals surface area (Å²) in [6.45, 7) is 2.02. The van der Waals surface area contributed by atoms with E-state index in [1.54, 1.807) is 0 Å². The van der Waals surface area contributed by atoms with Gasteiger partial charge >= 0.3 is 5.69 Å². The van der Waals surface area contributed by atoms with E-state index in [0.717, 1.165) is 19.3 Å². The molecule has 1 fully saturated rings. The SMILES string of the molecule is COc1cc(OC)c(NC(=O)Cn2c(=O)ncc3cc(S(=O)(=O)N4CCCCC4C)ccc32)cc1Cl. The zero-order valence-electron chi connectivity index (χ0n) is 20.2. The van der Waals surface area contributed by atoms with E-state index < -0.39 is 21.6 Å². The maximum atomic E-state index is 13.2. The molecule has 2 heterocycles.